The van der Waals surface area contributed by atoms with Crippen molar-refractivity contribution in [2.45, 2.75) is 38.8 Å². The number of phenolic OH excluding ortho intramolecular Hbond substituents is 1. The van der Waals surface area contributed by atoms with Crippen LogP contribution in [0.4, 0.5) is 0 Å². The van der Waals surface area contributed by atoms with Crippen LogP contribution in [0.1, 0.15) is 37.0 Å². The van der Waals surface area contributed by atoms with Crippen LogP contribution in [0, 0.1) is 24.7 Å². The van der Waals surface area contributed by atoms with Crippen molar-refractivity contribution in [3.63, 3.8) is 0 Å². The van der Waals surface area contributed by atoms with Gasteiger partial charge in [-0.15, -0.1) is 0 Å². The Morgan fingerprint density at radius 2 is 1.80 bits per heavy atom. The Balaban J connectivity index is 1.96. The molecule has 1 aromatic carbocycles. The van der Waals surface area contributed by atoms with Crippen molar-refractivity contribution >= 4 is 23.1 Å². The molecule has 0 heterocycles. The summed E-state index contributed by atoms with van der Waals surface area (Å²) >= 11 is 0. The summed E-state index contributed by atoms with van der Waals surface area (Å²) in [6, 6.07) is 2.03. The van der Waals surface area contributed by atoms with Crippen molar-refractivity contribution in [1.29, 1.82) is 0 Å². The van der Waals surface area contributed by atoms with E-state index in [9.17, 15) is 34.8 Å². The van der Waals surface area contributed by atoms with Crippen molar-refractivity contribution in [2.75, 3.05) is 0 Å². The second-order valence-electron chi connectivity index (χ2n) is 8.56. The van der Waals surface area contributed by atoms with Crippen LogP contribution in [0.15, 0.2) is 29.0 Å². The van der Waals surface area contributed by atoms with Gasteiger partial charge < -0.3 is 26.2 Å². The highest BCUT2D eigenvalue weighted by Crippen LogP contribution is 2.55. The predicted molar refractivity (Wildman–Crippen MR) is 105 cm³/mol. The molecule has 8 heteroatoms. The number of aliphatic hydroxyl groups excluding tert-OH is 2. The summed E-state index contributed by atoms with van der Waals surface area (Å²) in [5.41, 5.74) is 4.44. The smallest absolute Gasteiger partial charge is 0.181 e. The molecular formula is C22H23NO7. The van der Waals surface area contributed by atoms with Crippen LogP contribution in [0.25, 0.3) is 5.76 Å². The number of nitrogens with two attached hydrogens (primary N) is 1. The van der Waals surface area contributed by atoms with E-state index in [1.54, 1.807) is 19.1 Å². The molecule has 158 valence electrons. The molecule has 1 saturated carbocycles. The second kappa shape index (κ2) is 6.26. The number of aryl methyl sites for hydroxylation is 1. The molecule has 4 rings (SSSR count). The largest absolute Gasteiger partial charge is 0.510 e. The maximum atomic E-state index is 13.4. The topological polar surface area (TPSA) is 158 Å². The molecule has 6 N–H and O–H groups in total. The first kappa shape index (κ1) is 20.3. The van der Waals surface area contributed by atoms with E-state index in [1.165, 1.54) is 6.92 Å². The van der Waals surface area contributed by atoms with E-state index in [0.29, 0.717) is 5.56 Å². The Hall–Kier alpha value is -2.97. The first-order valence-electron chi connectivity index (χ1n) is 9.68. The van der Waals surface area contributed by atoms with Crippen LogP contribution in [0.5, 0.6) is 5.75 Å². The summed E-state index contributed by atoms with van der Waals surface area (Å²) in [6.07, 6.45) is 0.0268. The molecule has 1 aromatic rings. The summed E-state index contributed by atoms with van der Waals surface area (Å²) in [5, 5.41) is 43.2. The number of aromatic hydroxyl groups is 1. The highest BCUT2D eigenvalue weighted by molar-refractivity contribution is 6.28. The van der Waals surface area contributed by atoms with Crippen molar-refractivity contribution in [1.82, 2.24) is 0 Å². The fourth-order valence-corrected chi connectivity index (χ4v) is 5.20. The number of rotatable bonds is 1. The summed E-state index contributed by atoms with van der Waals surface area (Å²) in [7, 11) is 0. The van der Waals surface area contributed by atoms with Gasteiger partial charge in [0.15, 0.2) is 17.3 Å². The number of Topliss-reactive ketones (excluding diaryl/α,β-unsaturated/α-hetero) is 3. The molecule has 1 fully saturated rings. The zero-order chi connectivity index (χ0) is 22.3. The second-order valence-corrected chi connectivity index (χ2v) is 8.56. The highest BCUT2D eigenvalue weighted by atomic mass is 16.3. The van der Waals surface area contributed by atoms with E-state index in [0.717, 1.165) is 6.92 Å². The van der Waals surface area contributed by atoms with Crippen molar-refractivity contribution in [3.8, 4) is 5.75 Å². The van der Waals surface area contributed by atoms with Gasteiger partial charge in [-0.25, -0.2) is 0 Å². The van der Waals surface area contributed by atoms with Gasteiger partial charge >= 0.3 is 0 Å². The molecule has 4 unspecified atom stereocenters. The SMILES string of the molecule is CC(=O)C1=C(O)[C@H](N)C2CC3C(=C(O)c4c(ccc(C)c4O)C3(C)O)C(=O)C2C1=O. The Kier molecular flexibility index (Phi) is 4.24. The Morgan fingerprint density at radius 1 is 1.17 bits per heavy atom. The van der Waals surface area contributed by atoms with Crippen LogP contribution in [-0.4, -0.2) is 43.8 Å². The van der Waals surface area contributed by atoms with Gasteiger partial charge in [0, 0.05) is 11.5 Å². The van der Waals surface area contributed by atoms with E-state index in [-0.39, 0.29) is 28.9 Å². The molecule has 0 amide bonds. The van der Waals surface area contributed by atoms with Crippen LogP contribution >= 0.6 is 0 Å². The number of ketones is 3. The molecule has 0 aliphatic heterocycles. The number of carbonyl (C=O) groups excluding carboxylic acids is 3. The quantitative estimate of drug-likeness (QED) is 0.341. The molecule has 0 bridgehead atoms. The number of aliphatic hydroxyl groups is 3. The van der Waals surface area contributed by atoms with Gasteiger partial charge in [-0.2, -0.15) is 0 Å². The normalized spacial score (nSPS) is 33.2. The van der Waals surface area contributed by atoms with E-state index in [1.807, 2.05) is 0 Å². The average molecular weight is 413 g/mol. The number of carbonyl (C=O) groups is 3. The van der Waals surface area contributed by atoms with E-state index < -0.39 is 63.8 Å². The Labute approximate surface area is 172 Å². The zero-order valence-corrected chi connectivity index (χ0v) is 16.8. The molecule has 0 radical (unpaired) electrons. The fourth-order valence-electron chi connectivity index (χ4n) is 5.20. The number of benzene rings is 1. The molecule has 5 atom stereocenters. The van der Waals surface area contributed by atoms with E-state index >= 15 is 0 Å². The van der Waals surface area contributed by atoms with Crippen LogP contribution < -0.4 is 5.73 Å². The third kappa shape index (κ3) is 2.37. The Bertz CT molecular complexity index is 1090. The molecule has 3 aliphatic rings. The summed E-state index contributed by atoms with van der Waals surface area (Å²) < 4.78 is 0. The molecule has 3 aliphatic carbocycles. The number of allylic oxidation sites excluding steroid dienone is 1. The number of fused-ring (bicyclic) bond motifs is 3. The van der Waals surface area contributed by atoms with Gasteiger partial charge in [-0.1, -0.05) is 12.1 Å². The minimum Gasteiger partial charge on any atom is -0.510 e. The van der Waals surface area contributed by atoms with Crippen LogP contribution in [0.3, 0.4) is 0 Å². The standard InChI is InChI=1S/C22H23NO7/c1-7-4-5-10-14(17(7)25)20(28)15-11(22(10,3)30)6-9-13(19(15)27)18(26)12(8(2)24)21(29)16(9)23/h4-5,9,11,13,16,25,28-30H,6,23H2,1-3H3/t9?,11?,13?,16-,22?/m1/s1. The zero-order valence-electron chi connectivity index (χ0n) is 16.8. The van der Waals surface area contributed by atoms with Gasteiger partial charge in [-0.05, 0) is 44.2 Å². The lowest BCUT2D eigenvalue weighted by molar-refractivity contribution is -0.138. The van der Waals surface area contributed by atoms with Gasteiger partial charge in [0.1, 0.15) is 22.8 Å². The lowest BCUT2D eigenvalue weighted by Crippen LogP contribution is -2.56. The monoisotopic (exact) mass is 413 g/mol. The lowest BCUT2D eigenvalue weighted by Gasteiger charge is -2.48. The fraction of sp³-hybridized carbons (Fsp3) is 0.409. The summed E-state index contributed by atoms with van der Waals surface area (Å²) in [6.45, 7) is 4.19. The van der Waals surface area contributed by atoms with Crippen LogP contribution in [-0.2, 0) is 20.0 Å². The minimum atomic E-state index is -1.65. The third-order valence-corrected chi connectivity index (χ3v) is 6.84. The van der Waals surface area contributed by atoms with Gasteiger partial charge in [0.25, 0.3) is 0 Å². The first-order chi connectivity index (χ1) is 13.9. The maximum absolute atomic E-state index is 13.4. The maximum Gasteiger partial charge on any atom is 0.181 e. The average Bonchev–Trinajstić information content (AvgIpc) is 2.65. The molecule has 0 saturated heterocycles. The number of hydrogen-bond donors (Lipinski definition) is 5. The Morgan fingerprint density at radius 3 is 2.40 bits per heavy atom. The number of phenols is 1. The summed E-state index contributed by atoms with van der Waals surface area (Å²) in [4.78, 5) is 38.3. The van der Waals surface area contributed by atoms with Crippen molar-refractivity contribution in [3.05, 3.63) is 45.7 Å². The lowest BCUT2D eigenvalue weighted by atomic mass is 9.56. The third-order valence-electron chi connectivity index (χ3n) is 6.84. The van der Waals surface area contributed by atoms with Gasteiger partial charge in [0.2, 0.25) is 0 Å². The molecule has 8 nitrogen and oxygen atoms in total. The predicted octanol–water partition coefficient (Wildman–Crippen LogP) is 1.32. The molecule has 30 heavy (non-hydrogen) atoms. The van der Waals surface area contributed by atoms with Crippen LogP contribution in [0.2, 0.25) is 0 Å². The van der Waals surface area contributed by atoms with Gasteiger partial charge in [-0.3, -0.25) is 14.4 Å². The number of hydrogen-bond acceptors (Lipinski definition) is 8. The van der Waals surface area contributed by atoms with E-state index in [4.69, 9.17) is 5.73 Å². The molecule has 0 spiro atoms. The first-order valence-corrected chi connectivity index (χ1v) is 9.68. The van der Waals surface area contributed by atoms with Crippen molar-refractivity contribution in [2.24, 2.45) is 23.5 Å². The molecular weight excluding hydrogens is 390 g/mol. The minimum absolute atomic E-state index is 0.0268. The van der Waals surface area contributed by atoms with E-state index in [2.05, 4.69) is 0 Å². The van der Waals surface area contributed by atoms with Crippen molar-refractivity contribution < 1.29 is 34.8 Å². The highest BCUT2D eigenvalue weighted by Gasteiger charge is 2.58. The molecule has 0 aromatic heterocycles. The van der Waals surface area contributed by atoms with Gasteiger partial charge in [0.05, 0.1) is 23.1 Å². The summed E-state index contributed by atoms with van der Waals surface area (Å²) in [5.74, 6) is -6.71.